The Hall–Kier alpha value is -0.810. The van der Waals surface area contributed by atoms with E-state index in [1.807, 2.05) is 11.8 Å². The molecule has 1 unspecified atom stereocenters. The average Bonchev–Trinajstić information content (AvgIpc) is 2.66. The van der Waals surface area contributed by atoms with Gasteiger partial charge in [0.05, 0.1) is 12.7 Å². The summed E-state index contributed by atoms with van der Waals surface area (Å²) in [6, 6.07) is 0.538. The largest absolute Gasteiger partial charge is 0.407 e. The first-order valence-electron chi connectivity index (χ1n) is 4.54. The van der Waals surface area contributed by atoms with Crippen molar-refractivity contribution in [1.82, 2.24) is 10.2 Å². The molecule has 0 amide bonds. The number of ether oxygens (including phenoxy) is 1. The number of hydrogen-bond donors (Lipinski definition) is 0. The summed E-state index contributed by atoms with van der Waals surface area (Å²) in [5.41, 5.74) is 0. The number of halogens is 1. The zero-order chi connectivity index (χ0) is 9.97. The van der Waals surface area contributed by atoms with Crippen LogP contribution in [0.5, 0.6) is 0 Å². The smallest absolute Gasteiger partial charge is 0.318 e. The van der Waals surface area contributed by atoms with Crippen LogP contribution < -0.4 is 4.90 Å². The molecule has 1 fully saturated rings. The van der Waals surface area contributed by atoms with Gasteiger partial charge in [-0.05, 0) is 6.92 Å². The molecule has 1 aromatic heterocycles. The van der Waals surface area contributed by atoms with Crippen molar-refractivity contribution >= 4 is 17.6 Å². The van der Waals surface area contributed by atoms with E-state index in [4.69, 9.17) is 20.8 Å². The minimum absolute atomic E-state index is 0.204. The molecule has 0 spiro atoms. The van der Waals surface area contributed by atoms with E-state index in [1.54, 1.807) is 0 Å². The Kier molecular flexibility index (Phi) is 2.88. The van der Waals surface area contributed by atoms with E-state index in [-0.39, 0.29) is 12.0 Å². The predicted molar refractivity (Wildman–Crippen MR) is 51.5 cm³/mol. The van der Waals surface area contributed by atoms with Crippen molar-refractivity contribution in [2.75, 3.05) is 24.6 Å². The number of alkyl halides is 1. The van der Waals surface area contributed by atoms with Gasteiger partial charge in [-0.3, -0.25) is 0 Å². The molecule has 5 nitrogen and oxygen atoms in total. The molecular weight excluding hydrogens is 206 g/mol. The third kappa shape index (κ3) is 1.99. The Morgan fingerprint density at radius 1 is 1.57 bits per heavy atom. The Morgan fingerprint density at radius 3 is 3.07 bits per heavy atom. The molecule has 0 bridgehead atoms. The van der Waals surface area contributed by atoms with E-state index >= 15 is 0 Å². The fraction of sp³-hybridized carbons (Fsp3) is 0.750. The molecule has 0 aliphatic carbocycles. The van der Waals surface area contributed by atoms with Crippen molar-refractivity contribution in [1.29, 1.82) is 0 Å². The highest BCUT2D eigenvalue weighted by Crippen LogP contribution is 2.16. The molecule has 14 heavy (non-hydrogen) atoms. The van der Waals surface area contributed by atoms with Gasteiger partial charge in [-0.25, -0.2) is 0 Å². The normalized spacial score (nSPS) is 22.7. The standard InChI is InChI=1S/C8H12ClN3O2/c1-6-5-12(2-3-13-6)8-11-10-7(4-9)14-8/h6H,2-5H2,1H3. The molecule has 0 radical (unpaired) electrons. The van der Waals surface area contributed by atoms with E-state index in [2.05, 4.69) is 10.2 Å². The quantitative estimate of drug-likeness (QED) is 0.693. The van der Waals surface area contributed by atoms with Gasteiger partial charge in [0, 0.05) is 13.1 Å². The van der Waals surface area contributed by atoms with Crippen molar-refractivity contribution in [2.45, 2.75) is 18.9 Å². The van der Waals surface area contributed by atoms with Crippen molar-refractivity contribution in [3.8, 4) is 0 Å². The van der Waals surface area contributed by atoms with Crippen LogP contribution in [0.1, 0.15) is 12.8 Å². The summed E-state index contributed by atoms with van der Waals surface area (Å²) in [5.74, 6) is 0.716. The fourth-order valence-electron chi connectivity index (χ4n) is 1.42. The van der Waals surface area contributed by atoms with Gasteiger partial charge in [0.15, 0.2) is 0 Å². The van der Waals surface area contributed by atoms with E-state index in [0.29, 0.717) is 18.5 Å². The summed E-state index contributed by atoms with van der Waals surface area (Å²) in [6.45, 7) is 4.28. The van der Waals surface area contributed by atoms with Crippen molar-refractivity contribution in [2.24, 2.45) is 0 Å². The highest BCUT2D eigenvalue weighted by Gasteiger charge is 2.21. The van der Waals surface area contributed by atoms with Crippen LogP contribution in [-0.4, -0.2) is 36.0 Å². The van der Waals surface area contributed by atoms with Gasteiger partial charge >= 0.3 is 6.01 Å². The topological polar surface area (TPSA) is 51.4 Å². The molecule has 1 aliphatic rings. The molecule has 78 valence electrons. The minimum atomic E-state index is 0.204. The zero-order valence-corrected chi connectivity index (χ0v) is 8.70. The average molecular weight is 218 g/mol. The number of nitrogens with zero attached hydrogens (tertiary/aromatic N) is 3. The minimum Gasteiger partial charge on any atom is -0.407 e. The highest BCUT2D eigenvalue weighted by atomic mass is 35.5. The van der Waals surface area contributed by atoms with Crippen LogP contribution in [0.2, 0.25) is 0 Å². The number of aromatic nitrogens is 2. The van der Waals surface area contributed by atoms with Gasteiger partial charge < -0.3 is 14.1 Å². The summed E-state index contributed by atoms with van der Waals surface area (Å²) < 4.78 is 10.7. The first-order chi connectivity index (χ1) is 6.79. The monoisotopic (exact) mass is 217 g/mol. The number of hydrogen-bond acceptors (Lipinski definition) is 5. The maximum atomic E-state index is 5.57. The van der Waals surface area contributed by atoms with Gasteiger partial charge in [-0.15, -0.1) is 16.7 Å². The number of anilines is 1. The summed E-state index contributed by atoms with van der Waals surface area (Å²) in [6.07, 6.45) is 0.204. The summed E-state index contributed by atoms with van der Waals surface area (Å²) >= 11 is 5.57. The molecule has 2 heterocycles. The van der Waals surface area contributed by atoms with E-state index in [1.165, 1.54) is 0 Å². The third-order valence-corrected chi connectivity index (χ3v) is 2.31. The van der Waals surface area contributed by atoms with Crippen LogP contribution in [0, 0.1) is 0 Å². The molecule has 1 aromatic rings. The van der Waals surface area contributed by atoms with Crippen molar-refractivity contribution in [3.05, 3.63) is 5.89 Å². The Morgan fingerprint density at radius 2 is 2.43 bits per heavy atom. The first-order valence-corrected chi connectivity index (χ1v) is 5.08. The van der Waals surface area contributed by atoms with E-state index < -0.39 is 0 Å². The van der Waals surface area contributed by atoms with Gasteiger partial charge in [0.1, 0.15) is 5.88 Å². The number of morpholine rings is 1. The lowest BCUT2D eigenvalue weighted by atomic mass is 10.3. The van der Waals surface area contributed by atoms with Gasteiger partial charge in [-0.2, -0.15) is 0 Å². The molecule has 1 atom stereocenters. The second kappa shape index (κ2) is 4.14. The second-order valence-electron chi connectivity index (χ2n) is 3.24. The fourth-order valence-corrected chi connectivity index (χ4v) is 1.53. The number of rotatable bonds is 2. The summed E-state index contributed by atoms with van der Waals surface area (Å²) in [7, 11) is 0. The third-order valence-electron chi connectivity index (χ3n) is 2.08. The predicted octanol–water partition coefficient (Wildman–Crippen LogP) is 1.03. The van der Waals surface area contributed by atoms with Crippen LogP contribution in [-0.2, 0) is 10.6 Å². The van der Waals surface area contributed by atoms with Crippen LogP contribution in [0.4, 0.5) is 6.01 Å². The Balaban J connectivity index is 2.06. The molecule has 1 aliphatic heterocycles. The maximum Gasteiger partial charge on any atom is 0.318 e. The molecule has 6 heteroatoms. The molecule has 1 saturated heterocycles. The van der Waals surface area contributed by atoms with Gasteiger partial charge in [0.2, 0.25) is 5.89 Å². The Labute approximate surface area is 87.0 Å². The summed E-state index contributed by atoms with van der Waals surface area (Å²) in [5, 5.41) is 7.72. The Bertz CT molecular complexity index is 305. The van der Waals surface area contributed by atoms with Gasteiger partial charge in [-0.1, -0.05) is 5.10 Å². The lowest BCUT2D eigenvalue weighted by Gasteiger charge is -2.29. The van der Waals surface area contributed by atoms with Crippen LogP contribution in [0.15, 0.2) is 4.42 Å². The van der Waals surface area contributed by atoms with Crippen LogP contribution in [0.3, 0.4) is 0 Å². The van der Waals surface area contributed by atoms with E-state index in [9.17, 15) is 0 Å². The second-order valence-corrected chi connectivity index (χ2v) is 3.51. The first kappa shape index (κ1) is 9.73. The van der Waals surface area contributed by atoms with Crippen LogP contribution in [0.25, 0.3) is 0 Å². The van der Waals surface area contributed by atoms with Crippen molar-refractivity contribution in [3.63, 3.8) is 0 Å². The molecule has 2 rings (SSSR count). The molecule has 0 N–H and O–H groups in total. The molecule has 0 saturated carbocycles. The maximum absolute atomic E-state index is 5.57. The lowest BCUT2D eigenvalue weighted by molar-refractivity contribution is 0.0513. The lowest BCUT2D eigenvalue weighted by Crippen LogP contribution is -2.41. The SMILES string of the molecule is CC1CN(c2nnc(CCl)o2)CCO1. The highest BCUT2D eigenvalue weighted by molar-refractivity contribution is 6.16. The summed E-state index contributed by atoms with van der Waals surface area (Å²) in [4.78, 5) is 2.01. The van der Waals surface area contributed by atoms with Gasteiger partial charge in [0.25, 0.3) is 0 Å². The van der Waals surface area contributed by atoms with Crippen LogP contribution >= 0.6 is 11.6 Å². The molecular formula is C8H12ClN3O2. The zero-order valence-electron chi connectivity index (χ0n) is 7.94. The van der Waals surface area contributed by atoms with Crippen molar-refractivity contribution < 1.29 is 9.15 Å². The molecule has 0 aromatic carbocycles. The van der Waals surface area contributed by atoms with E-state index in [0.717, 1.165) is 13.1 Å².